The zero-order chi connectivity index (χ0) is 21.8. The number of carbonyl (C=O) groups excluding carboxylic acids is 1. The van der Waals surface area contributed by atoms with Gasteiger partial charge in [-0.25, -0.2) is 8.42 Å². The Morgan fingerprint density at radius 1 is 1.27 bits per heavy atom. The highest BCUT2D eigenvalue weighted by Crippen LogP contribution is 2.37. The third-order valence-electron chi connectivity index (χ3n) is 5.82. The van der Waals surface area contributed by atoms with Gasteiger partial charge in [-0.1, -0.05) is 42.0 Å². The maximum atomic E-state index is 13.2. The van der Waals surface area contributed by atoms with Crippen LogP contribution in [0, 0.1) is 12.3 Å². The fourth-order valence-corrected chi connectivity index (χ4v) is 5.24. The van der Waals surface area contributed by atoms with Crippen molar-refractivity contribution >= 4 is 21.8 Å². The van der Waals surface area contributed by atoms with Crippen molar-refractivity contribution < 1.29 is 23.1 Å². The van der Waals surface area contributed by atoms with Crippen LogP contribution in [-0.2, 0) is 19.6 Å². The first-order valence-corrected chi connectivity index (χ1v) is 11.7. The van der Waals surface area contributed by atoms with Gasteiger partial charge in [0.15, 0.2) is 5.78 Å². The van der Waals surface area contributed by atoms with Crippen LogP contribution in [0.5, 0.6) is 0 Å². The molecule has 7 nitrogen and oxygen atoms in total. The van der Waals surface area contributed by atoms with Gasteiger partial charge >= 0.3 is 5.97 Å². The van der Waals surface area contributed by atoms with Gasteiger partial charge in [0.1, 0.15) is 6.04 Å². The van der Waals surface area contributed by atoms with Crippen molar-refractivity contribution in [2.75, 3.05) is 6.54 Å². The van der Waals surface area contributed by atoms with Crippen LogP contribution in [-0.4, -0.2) is 43.9 Å². The van der Waals surface area contributed by atoms with E-state index in [0.717, 1.165) is 24.9 Å². The summed E-state index contributed by atoms with van der Waals surface area (Å²) in [6.45, 7) is 2.63. The Labute approximate surface area is 177 Å². The van der Waals surface area contributed by atoms with Crippen LogP contribution < -0.4 is 10.0 Å². The Kier molecular flexibility index (Phi) is 6.90. The van der Waals surface area contributed by atoms with Gasteiger partial charge in [0, 0.05) is 0 Å². The zero-order valence-electron chi connectivity index (χ0n) is 17.0. The molecule has 162 valence electrons. The Balaban J connectivity index is 1.75. The summed E-state index contributed by atoms with van der Waals surface area (Å²) in [5.41, 5.74) is 0.0848. The lowest BCUT2D eigenvalue weighted by Crippen LogP contribution is -2.45. The number of aliphatic carboxylic acids is 1. The van der Waals surface area contributed by atoms with E-state index in [2.05, 4.69) is 10.0 Å². The number of carboxylic acid groups (broad SMARTS) is 1. The minimum atomic E-state index is -3.99. The Morgan fingerprint density at radius 3 is 2.57 bits per heavy atom. The molecule has 2 aliphatic rings. The third-order valence-corrected chi connectivity index (χ3v) is 7.31. The molecule has 1 heterocycles. The van der Waals surface area contributed by atoms with Crippen LogP contribution in [0.4, 0.5) is 0 Å². The van der Waals surface area contributed by atoms with Crippen molar-refractivity contribution in [3.63, 3.8) is 0 Å². The topological polar surface area (TPSA) is 113 Å². The number of carboxylic acids is 1. The Hall–Kier alpha value is -2.29. The van der Waals surface area contributed by atoms with E-state index in [-0.39, 0.29) is 29.6 Å². The first-order valence-electron chi connectivity index (χ1n) is 10.2. The van der Waals surface area contributed by atoms with Gasteiger partial charge in [-0.3, -0.25) is 9.59 Å². The van der Waals surface area contributed by atoms with Crippen LogP contribution in [0.25, 0.3) is 0 Å². The Morgan fingerprint density at radius 2 is 2.00 bits per heavy atom. The molecule has 0 saturated carbocycles. The molecular formula is C22H28N2O5S. The van der Waals surface area contributed by atoms with E-state index in [0.29, 0.717) is 6.42 Å². The lowest BCUT2D eigenvalue weighted by molar-refractivity contribution is -0.139. The lowest BCUT2D eigenvalue weighted by Gasteiger charge is -2.33. The van der Waals surface area contributed by atoms with Gasteiger partial charge in [0.2, 0.25) is 10.0 Å². The fourth-order valence-electron chi connectivity index (χ4n) is 4.02. The molecular weight excluding hydrogens is 404 g/mol. The number of rotatable bonds is 9. The van der Waals surface area contributed by atoms with Crippen LogP contribution in [0.15, 0.2) is 53.5 Å². The van der Waals surface area contributed by atoms with Gasteiger partial charge in [0.05, 0.1) is 16.4 Å². The summed E-state index contributed by atoms with van der Waals surface area (Å²) in [6.07, 6.45) is 9.85. The van der Waals surface area contributed by atoms with Crippen molar-refractivity contribution in [2.45, 2.75) is 56.0 Å². The maximum Gasteiger partial charge on any atom is 0.321 e. The predicted octanol–water partition coefficient (Wildman–Crippen LogP) is 2.33. The molecule has 0 spiro atoms. The number of Topliss-reactive ketones (excluding diaryl/α,β-unsaturated/α-hetero) is 1. The van der Waals surface area contributed by atoms with E-state index in [1.54, 1.807) is 12.1 Å². The first-order chi connectivity index (χ1) is 14.2. The number of sulfonamides is 1. The summed E-state index contributed by atoms with van der Waals surface area (Å²) in [7, 11) is -3.99. The average molecular weight is 433 g/mol. The number of benzene rings is 1. The van der Waals surface area contributed by atoms with E-state index in [4.69, 9.17) is 0 Å². The third kappa shape index (κ3) is 5.06. The van der Waals surface area contributed by atoms with E-state index in [1.165, 1.54) is 12.1 Å². The SMILES string of the molecule is Cc1ccc(S(=O)(=O)NC(CCC2(C(=O)[C@@H]3CCCN3)C=CC=CC2)C(=O)O)cc1. The number of aryl methyl sites for hydroxylation is 1. The highest BCUT2D eigenvalue weighted by molar-refractivity contribution is 7.89. The summed E-state index contributed by atoms with van der Waals surface area (Å²) in [6, 6.07) is 4.65. The van der Waals surface area contributed by atoms with Crippen molar-refractivity contribution in [3.8, 4) is 0 Å². The standard InChI is InChI=1S/C22H28N2O5S/c1-16-7-9-17(10-8-16)30(28,29)24-19(21(26)27)11-14-22(12-3-2-4-13-22)20(25)18-6-5-15-23-18/h2-4,7-10,12,18-19,23-24H,5-6,11,13-15H2,1H3,(H,26,27)/t18-,19?,22?/m0/s1. The monoisotopic (exact) mass is 432 g/mol. The van der Waals surface area contributed by atoms with Gasteiger partial charge in [-0.2, -0.15) is 4.72 Å². The molecule has 30 heavy (non-hydrogen) atoms. The molecule has 3 N–H and O–H groups in total. The molecule has 1 fully saturated rings. The van der Waals surface area contributed by atoms with E-state index in [1.807, 2.05) is 31.2 Å². The molecule has 3 rings (SSSR count). The van der Waals surface area contributed by atoms with E-state index < -0.39 is 27.4 Å². The fraction of sp³-hybridized carbons (Fsp3) is 0.455. The number of hydrogen-bond acceptors (Lipinski definition) is 5. The molecule has 1 aliphatic heterocycles. The van der Waals surface area contributed by atoms with Gasteiger partial charge in [0.25, 0.3) is 0 Å². The number of hydrogen-bond donors (Lipinski definition) is 3. The van der Waals surface area contributed by atoms with Crippen molar-refractivity contribution in [2.24, 2.45) is 5.41 Å². The van der Waals surface area contributed by atoms with E-state index in [9.17, 15) is 23.1 Å². The normalized spacial score (nSPS) is 24.6. The minimum Gasteiger partial charge on any atom is -0.480 e. The maximum absolute atomic E-state index is 13.2. The molecule has 8 heteroatoms. The summed E-state index contributed by atoms with van der Waals surface area (Å²) in [4.78, 5) is 25.0. The molecule has 0 radical (unpaired) electrons. The number of allylic oxidation sites excluding steroid dienone is 4. The molecule has 1 aromatic carbocycles. The second-order valence-electron chi connectivity index (χ2n) is 8.02. The smallest absolute Gasteiger partial charge is 0.321 e. The summed E-state index contributed by atoms with van der Waals surface area (Å²) >= 11 is 0. The van der Waals surface area contributed by atoms with Crippen molar-refractivity contribution in [3.05, 3.63) is 54.1 Å². The molecule has 0 amide bonds. The number of ketones is 1. The molecule has 0 aromatic heterocycles. The van der Waals surface area contributed by atoms with Crippen LogP contribution >= 0.6 is 0 Å². The lowest BCUT2D eigenvalue weighted by atomic mass is 9.71. The second-order valence-corrected chi connectivity index (χ2v) is 9.74. The zero-order valence-corrected chi connectivity index (χ0v) is 17.8. The number of carbonyl (C=O) groups is 2. The van der Waals surface area contributed by atoms with Crippen LogP contribution in [0.3, 0.4) is 0 Å². The largest absolute Gasteiger partial charge is 0.480 e. The first kappa shape index (κ1) is 22.4. The highest BCUT2D eigenvalue weighted by atomic mass is 32.2. The van der Waals surface area contributed by atoms with Crippen LogP contribution in [0.1, 0.15) is 37.7 Å². The van der Waals surface area contributed by atoms with E-state index >= 15 is 0 Å². The quantitative estimate of drug-likeness (QED) is 0.552. The summed E-state index contributed by atoms with van der Waals surface area (Å²) < 4.78 is 27.6. The minimum absolute atomic E-state index is 0.0110. The Bertz CT molecular complexity index is 946. The molecule has 2 unspecified atom stereocenters. The van der Waals surface area contributed by atoms with Crippen molar-refractivity contribution in [1.82, 2.24) is 10.0 Å². The summed E-state index contributed by atoms with van der Waals surface area (Å²) in [5.74, 6) is -1.21. The van der Waals surface area contributed by atoms with Crippen molar-refractivity contribution in [1.29, 1.82) is 0 Å². The highest BCUT2D eigenvalue weighted by Gasteiger charge is 2.41. The van der Waals surface area contributed by atoms with Gasteiger partial charge < -0.3 is 10.4 Å². The molecule has 1 saturated heterocycles. The van der Waals surface area contributed by atoms with Gasteiger partial charge in [-0.15, -0.1) is 0 Å². The molecule has 0 bridgehead atoms. The summed E-state index contributed by atoms with van der Waals surface area (Å²) in [5, 5.41) is 12.9. The average Bonchev–Trinajstić information content (AvgIpc) is 3.26. The second kappa shape index (κ2) is 9.24. The van der Waals surface area contributed by atoms with Gasteiger partial charge in [-0.05, 0) is 57.7 Å². The predicted molar refractivity (Wildman–Crippen MR) is 114 cm³/mol. The number of nitrogens with one attached hydrogen (secondary N) is 2. The molecule has 1 aliphatic carbocycles. The molecule has 3 atom stereocenters. The molecule has 1 aromatic rings. The van der Waals surface area contributed by atoms with Crippen LogP contribution in [0.2, 0.25) is 0 Å².